The fourth-order valence-electron chi connectivity index (χ4n) is 1.29. The predicted molar refractivity (Wildman–Crippen MR) is 62.2 cm³/mol. The molecule has 1 aromatic heterocycles. The number of carbonyl (C=O) groups is 1. The average Bonchev–Trinajstić information content (AvgIpc) is 2.28. The molecule has 4 nitrogen and oxygen atoms in total. The van der Waals surface area contributed by atoms with E-state index in [9.17, 15) is 4.79 Å². The summed E-state index contributed by atoms with van der Waals surface area (Å²) >= 11 is 5.85. The van der Waals surface area contributed by atoms with Crippen LogP contribution in [0.1, 0.15) is 12.6 Å². The van der Waals surface area contributed by atoms with Crippen LogP contribution >= 0.6 is 11.6 Å². The Labute approximate surface area is 100 Å². The van der Waals surface area contributed by atoms with Crippen molar-refractivity contribution in [1.82, 2.24) is 9.88 Å². The van der Waals surface area contributed by atoms with Crippen LogP contribution in [-0.2, 0) is 16.1 Å². The van der Waals surface area contributed by atoms with E-state index >= 15 is 0 Å². The van der Waals surface area contributed by atoms with Crippen molar-refractivity contribution in [3.63, 3.8) is 0 Å². The van der Waals surface area contributed by atoms with E-state index in [0.29, 0.717) is 11.6 Å². The van der Waals surface area contributed by atoms with Crippen LogP contribution in [0.15, 0.2) is 18.3 Å². The molecule has 0 unspecified atom stereocenters. The van der Waals surface area contributed by atoms with Crippen molar-refractivity contribution in [2.24, 2.45) is 0 Å². The molecule has 0 fully saturated rings. The molecule has 16 heavy (non-hydrogen) atoms. The van der Waals surface area contributed by atoms with Crippen molar-refractivity contribution in [3.05, 3.63) is 29.0 Å². The molecule has 0 aromatic carbocycles. The SMILES string of the molecule is CCN(CC(=O)OC)Cc1cc(Cl)ccn1. The summed E-state index contributed by atoms with van der Waals surface area (Å²) in [5, 5.41) is 0.652. The standard InChI is InChI=1S/C11H15ClN2O2/c1-3-14(8-11(15)16-2)7-10-6-9(12)4-5-13-10/h4-6H,3,7-8H2,1-2H3. The zero-order chi connectivity index (χ0) is 12.0. The first-order valence-corrected chi connectivity index (χ1v) is 5.43. The molecular formula is C11H15ClN2O2. The molecular weight excluding hydrogens is 228 g/mol. The highest BCUT2D eigenvalue weighted by atomic mass is 35.5. The van der Waals surface area contributed by atoms with Gasteiger partial charge < -0.3 is 4.74 Å². The van der Waals surface area contributed by atoms with Gasteiger partial charge in [-0.3, -0.25) is 14.7 Å². The summed E-state index contributed by atoms with van der Waals surface area (Å²) in [6.07, 6.45) is 1.66. The molecule has 1 heterocycles. The van der Waals surface area contributed by atoms with Gasteiger partial charge in [-0.2, -0.15) is 0 Å². The molecule has 0 aliphatic rings. The summed E-state index contributed by atoms with van der Waals surface area (Å²) in [4.78, 5) is 17.2. The minimum atomic E-state index is -0.246. The highest BCUT2D eigenvalue weighted by Crippen LogP contribution is 2.09. The van der Waals surface area contributed by atoms with E-state index in [-0.39, 0.29) is 12.5 Å². The third-order valence-corrected chi connectivity index (χ3v) is 2.43. The summed E-state index contributed by atoms with van der Waals surface area (Å²) in [5.41, 5.74) is 0.846. The number of aromatic nitrogens is 1. The Morgan fingerprint density at radius 2 is 2.38 bits per heavy atom. The van der Waals surface area contributed by atoms with E-state index in [0.717, 1.165) is 12.2 Å². The molecule has 0 saturated carbocycles. The molecule has 0 radical (unpaired) electrons. The maximum Gasteiger partial charge on any atom is 0.319 e. The lowest BCUT2D eigenvalue weighted by Gasteiger charge is -2.18. The number of hydrogen-bond donors (Lipinski definition) is 0. The molecule has 88 valence electrons. The van der Waals surface area contributed by atoms with Gasteiger partial charge in [-0.25, -0.2) is 0 Å². The lowest BCUT2D eigenvalue weighted by molar-refractivity contribution is -0.142. The number of halogens is 1. The maximum absolute atomic E-state index is 11.1. The highest BCUT2D eigenvalue weighted by molar-refractivity contribution is 6.30. The number of pyridine rings is 1. The van der Waals surface area contributed by atoms with E-state index in [2.05, 4.69) is 9.72 Å². The predicted octanol–water partition coefficient (Wildman–Crippen LogP) is 1.73. The minimum absolute atomic E-state index is 0.246. The van der Waals surface area contributed by atoms with Gasteiger partial charge in [0, 0.05) is 17.8 Å². The van der Waals surface area contributed by atoms with Crippen LogP contribution in [0.3, 0.4) is 0 Å². The van der Waals surface area contributed by atoms with Gasteiger partial charge in [0.2, 0.25) is 0 Å². The third-order valence-electron chi connectivity index (χ3n) is 2.19. The summed E-state index contributed by atoms with van der Waals surface area (Å²) in [5.74, 6) is -0.246. The van der Waals surface area contributed by atoms with Gasteiger partial charge in [0.15, 0.2) is 0 Å². The van der Waals surface area contributed by atoms with Crippen molar-refractivity contribution in [3.8, 4) is 0 Å². The molecule has 1 aromatic rings. The second-order valence-electron chi connectivity index (χ2n) is 3.34. The number of esters is 1. The molecule has 0 saturated heterocycles. The number of hydrogen-bond acceptors (Lipinski definition) is 4. The van der Waals surface area contributed by atoms with Gasteiger partial charge >= 0.3 is 5.97 Å². The van der Waals surface area contributed by atoms with E-state index in [4.69, 9.17) is 11.6 Å². The highest BCUT2D eigenvalue weighted by Gasteiger charge is 2.10. The minimum Gasteiger partial charge on any atom is -0.468 e. The van der Waals surface area contributed by atoms with Gasteiger partial charge in [-0.1, -0.05) is 18.5 Å². The lowest BCUT2D eigenvalue weighted by atomic mass is 10.3. The van der Waals surface area contributed by atoms with Gasteiger partial charge in [-0.05, 0) is 18.7 Å². The Kier molecular flexibility index (Phi) is 5.22. The summed E-state index contributed by atoms with van der Waals surface area (Å²) in [6, 6.07) is 3.52. The molecule has 0 N–H and O–H groups in total. The van der Waals surface area contributed by atoms with Crippen LogP contribution in [0.25, 0.3) is 0 Å². The second-order valence-corrected chi connectivity index (χ2v) is 3.78. The number of nitrogens with zero attached hydrogens (tertiary/aromatic N) is 2. The van der Waals surface area contributed by atoms with Crippen molar-refractivity contribution in [2.45, 2.75) is 13.5 Å². The van der Waals surface area contributed by atoms with Crippen molar-refractivity contribution >= 4 is 17.6 Å². The molecule has 0 aliphatic heterocycles. The molecule has 0 amide bonds. The molecule has 0 aliphatic carbocycles. The van der Waals surface area contributed by atoms with Gasteiger partial charge in [0.25, 0.3) is 0 Å². The van der Waals surface area contributed by atoms with E-state index in [1.807, 2.05) is 11.8 Å². The number of carbonyl (C=O) groups excluding carboxylic acids is 1. The number of likely N-dealkylation sites (N-methyl/N-ethyl adjacent to an activating group) is 1. The van der Waals surface area contributed by atoms with E-state index in [1.165, 1.54) is 7.11 Å². The third kappa shape index (κ3) is 4.16. The van der Waals surface area contributed by atoms with Crippen LogP contribution < -0.4 is 0 Å². The monoisotopic (exact) mass is 242 g/mol. The van der Waals surface area contributed by atoms with Crippen LogP contribution in [0, 0.1) is 0 Å². The van der Waals surface area contributed by atoms with Crippen LogP contribution in [0.2, 0.25) is 5.02 Å². The quantitative estimate of drug-likeness (QED) is 0.738. The first-order chi connectivity index (χ1) is 7.65. The molecule has 1 rings (SSSR count). The summed E-state index contributed by atoms with van der Waals surface area (Å²) in [7, 11) is 1.38. The summed E-state index contributed by atoms with van der Waals surface area (Å²) < 4.78 is 4.62. The van der Waals surface area contributed by atoms with Crippen molar-refractivity contribution in [2.75, 3.05) is 20.2 Å². The Hall–Kier alpha value is -1.13. The number of rotatable bonds is 5. The van der Waals surface area contributed by atoms with Crippen molar-refractivity contribution in [1.29, 1.82) is 0 Å². The first kappa shape index (κ1) is 12.9. The van der Waals surface area contributed by atoms with E-state index < -0.39 is 0 Å². The molecule has 0 bridgehead atoms. The largest absolute Gasteiger partial charge is 0.468 e. The molecule has 5 heteroatoms. The Balaban J connectivity index is 2.59. The lowest BCUT2D eigenvalue weighted by Crippen LogP contribution is -2.30. The molecule has 0 atom stereocenters. The van der Waals surface area contributed by atoms with Crippen LogP contribution in [-0.4, -0.2) is 36.1 Å². The topological polar surface area (TPSA) is 42.4 Å². The Bertz CT molecular complexity index is 358. The molecule has 0 spiro atoms. The second kappa shape index (κ2) is 6.45. The van der Waals surface area contributed by atoms with Crippen LogP contribution in [0.5, 0.6) is 0 Å². The van der Waals surface area contributed by atoms with Gasteiger partial charge in [0.1, 0.15) is 0 Å². The zero-order valence-electron chi connectivity index (χ0n) is 9.44. The van der Waals surface area contributed by atoms with Crippen molar-refractivity contribution < 1.29 is 9.53 Å². The number of methoxy groups -OCH3 is 1. The van der Waals surface area contributed by atoms with Crippen LogP contribution in [0.4, 0.5) is 0 Å². The fraction of sp³-hybridized carbons (Fsp3) is 0.455. The average molecular weight is 243 g/mol. The normalized spacial score (nSPS) is 10.5. The smallest absolute Gasteiger partial charge is 0.319 e. The fourth-order valence-corrected chi connectivity index (χ4v) is 1.47. The van der Waals surface area contributed by atoms with Gasteiger partial charge in [0.05, 0.1) is 19.3 Å². The first-order valence-electron chi connectivity index (χ1n) is 5.05. The van der Waals surface area contributed by atoms with Gasteiger partial charge in [-0.15, -0.1) is 0 Å². The Morgan fingerprint density at radius 1 is 1.62 bits per heavy atom. The van der Waals surface area contributed by atoms with E-state index in [1.54, 1.807) is 18.3 Å². The maximum atomic E-state index is 11.1. The Morgan fingerprint density at radius 3 is 2.94 bits per heavy atom. The summed E-state index contributed by atoms with van der Waals surface area (Å²) in [6.45, 7) is 3.59. The number of ether oxygens (including phenoxy) is 1. The zero-order valence-corrected chi connectivity index (χ0v) is 10.2.